The van der Waals surface area contributed by atoms with Crippen LogP contribution in [-0.2, 0) is 6.42 Å². The van der Waals surface area contributed by atoms with Crippen LogP contribution in [0.3, 0.4) is 0 Å². The van der Waals surface area contributed by atoms with Gasteiger partial charge in [-0.05, 0) is 43.5 Å². The Balaban J connectivity index is 2.16. The molecule has 0 bridgehead atoms. The molecule has 1 N–H and O–H groups in total. The standard InChI is InChI=1S/C16H18N2O/c1-16(2)11-12-7-3-4-8-13(12)15(18(16)19)14-9-5-6-10-17-14/h3-10,15,19H,11H2,1-2H3. The zero-order valence-electron chi connectivity index (χ0n) is 11.2. The summed E-state index contributed by atoms with van der Waals surface area (Å²) in [5.74, 6) is 0. The predicted molar refractivity (Wildman–Crippen MR) is 73.9 cm³/mol. The summed E-state index contributed by atoms with van der Waals surface area (Å²) in [4.78, 5) is 4.42. The van der Waals surface area contributed by atoms with Gasteiger partial charge in [-0.2, -0.15) is 5.06 Å². The minimum absolute atomic E-state index is 0.193. The van der Waals surface area contributed by atoms with Crippen LogP contribution in [0.25, 0.3) is 0 Å². The van der Waals surface area contributed by atoms with Crippen LogP contribution in [0.1, 0.15) is 36.7 Å². The van der Waals surface area contributed by atoms with Crippen molar-refractivity contribution in [3.63, 3.8) is 0 Å². The topological polar surface area (TPSA) is 36.4 Å². The average molecular weight is 254 g/mol. The second kappa shape index (κ2) is 4.44. The van der Waals surface area contributed by atoms with Crippen LogP contribution < -0.4 is 0 Å². The first-order valence-corrected chi connectivity index (χ1v) is 6.56. The molecule has 0 fully saturated rings. The fraction of sp³-hybridized carbons (Fsp3) is 0.312. The van der Waals surface area contributed by atoms with E-state index in [-0.39, 0.29) is 11.6 Å². The van der Waals surface area contributed by atoms with Crippen molar-refractivity contribution >= 4 is 0 Å². The Morgan fingerprint density at radius 1 is 1.16 bits per heavy atom. The van der Waals surface area contributed by atoms with Gasteiger partial charge in [0, 0.05) is 11.7 Å². The van der Waals surface area contributed by atoms with Crippen molar-refractivity contribution in [1.29, 1.82) is 0 Å². The van der Waals surface area contributed by atoms with Crippen molar-refractivity contribution in [3.05, 3.63) is 65.5 Å². The lowest BCUT2D eigenvalue weighted by Gasteiger charge is -2.44. The van der Waals surface area contributed by atoms with Gasteiger partial charge in [-0.1, -0.05) is 30.3 Å². The summed E-state index contributed by atoms with van der Waals surface area (Å²) in [5, 5.41) is 12.0. The molecule has 0 radical (unpaired) electrons. The van der Waals surface area contributed by atoms with E-state index in [9.17, 15) is 5.21 Å². The maximum absolute atomic E-state index is 10.6. The molecule has 1 aromatic heterocycles. The van der Waals surface area contributed by atoms with Gasteiger partial charge in [-0.25, -0.2) is 0 Å². The number of hydrogen-bond acceptors (Lipinski definition) is 3. The van der Waals surface area contributed by atoms with E-state index in [1.165, 1.54) is 10.6 Å². The molecule has 1 aromatic carbocycles. The molecule has 2 aromatic rings. The Hall–Kier alpha value is -1.71. The van der Waals surface area contributed by atoms with E-state index in [0.29, 0.717) is 0 Å². The molecule has 0 spiro atoms. The molecule has 3 heteroatoms. The Morgan fingerprint density at radius 3 is 2.63 bits per heavy atom. The van der Waals surface area contributed by atoms with Crippen molar-refractivity contribution in [2.24, 2.45) is 0 Å². The van der Waals surface area contributed by atoms with Gasteiger partial charge in [0.05, 0.1) is 5.69 Å². The fourth-order valence-corrected chi connectivity index (χ4v) is 2.81. The van der Waals surface area contributed by atoms with Crippen LogP contribution in [0.2, 0.25) is 0 Å². The summed E-state index contributed by atoms with van der Waals surface area (Å²) < 4.78 is 0. The molecule has 1 aliphatic heterocycles. The van der Waals surface area contributed by atoms with Crippen molar-refractivity contribution in [3.8, 4) is 0 Å². The zero-order valence-corrected chi connectivity index (χ0v) is 11.2. The van der Waals surface area contributed by atoms with Gasteiger partial charge in [0.2, 0.25) is 0 Å². The average Bonchev–Trinajstić information content (AvgIpc) is 2.41. The molecule has 0 saturated heterocycles. The van der Waals surface area contributed by atoms with E-state index in [2.05, 4.69) is 37.0 Å². The Labute approximate surface area is 113 Å². The number of hydroxylamine groups is 2. The number of aromatic nitrogens is 1. The van der Waals surface area contributed by atoms with E-state index in [1.807, 2.05) is 24.3 Å². The molecule has 1 unspecified atom stereocenters. The van der Waals surface area contributed by atoms with Gasteiger partial charge in [0.1, 0.15) is 6.04 Å². The number of fused-ring (bicyclic) bond motifs is 1. The number of rotatable bonds is 1. The van der Waals surface area contributed by atoms with Crippen LogP contribution in [0.15, 0.2) is 48.7 Å². The first-order valence-electron chi connectivity index (χ1n) is 6.56. The summed E-state index contributed by atoms with van der Waals surface area (Å²) in [5.41, 5.74) is 3.01. The van der Waals surface area contributed by atoms with E-state index in [0.717, 1.165) is 17.7 Å². The smallest absolute Gasteiger partial charge is 0.103 e. The first kappa shape index (κ1) is 12.3. The van der Waals surface area contributed by atoms with Gasteiger partial charge in [0.15, 0.2) is 0 Å². The van der Waals surface area contributed by atoms with Crippen molar-refractivity contribution < 1.29 is 5.21 Å². The number of nitrogens with zero attached hydrogens (tertiary/aromatic N) is 2. The normalized spacial score (nSPS) is 21.9. The summed E-state index contributed by atoms with van der Waals surface area (Å²) in [6.45, 7) is 4.11. The molecular formula is C16H18N2O. The highest BCUT2D eigenvalue weighted by Gasteiger charge is 2.40. The third kappa shape index (κ3) is 2.05. The molecule has 2 heterocycles. The lowest BCUT2D eigenvalue weighted by atomic mass is 9.82. The SMILES string of the molecule is CC1(C)Cc2ccccc2C(c2ccccn2)N1O. The quantitative estimate of drug-likeness (QED) is 0.849. The van der Waals surface area contributed by atoms with Gasteiger partial charge in [-0.15, -0.1) is 0 Å². The van der Waals surface area contributed by atoms with Gasteiger partial charge in [0.25, 0.3) is 0 Å². The van der Waals surface area contributed by atoms with Crippen LogP contribution >= 0.6 is 0 Å². The third-order valence-corrected chi connectivity index (χ3v) is 3.81. The summed E-state index contributed by atoms with van der Waals surface area (Å²) >= 11 is 0. The molecule has 0 saturated carbocycles. The minimum Gasteiger partial charge on any atom is -0.312 e. The van der Waals surface area contributed by atoms with E-state index in [4.69, 9.17) is 0 Å². The molecular weight excluding hydrogens is 236 g/mol. The number of hydrogen-bond donors (Lipinski definition) is 1. The minimum atomic E-state index is -0.295. The van der Waals surface area contributed by atoms with Gasteiger partial charge >= 0.3 is 0 Å². The highest BCUT2D eigenvalue weighted by molar-refractivity contribution is 5.38. The van der Waals surface area contributed by atoms with Gasteiger partial charge < -0.3 is 5.21 Å². The molecule has 3 nitrogen and oxygen atoms in total. The van der Waals surface area contributed by atoms with E-state index >= 15 is 0 Å². The summed E-state index contributed by atoms with van der Waals surface area (Å²) in [6, 6.07) is 13.9. The van der Waals surface area contributed by atoms with Crippen LogP contribution in [0.5, 0.6) is 0 Å². The van der Waals surface area contributed by atoms with Crippen LogP contribution in [0, 0.1) is 0 Å². The second-order valence-electron chi connectivity index (χ2n) is 5.69. The molecule has 19 heavy (non-hydrogen) atoms. The first-order chi connectivity index (χ1) is 9.09. The van der Waals surface area contributed by atoms with Crippen molar-refractivity contribution in [1.82, 2.24) is 10.0 Å². The largest absolute Gasteiger partial charge is 0.312 e. The lowest BCUT2D eigenvalue weighted by Crippen LogP contribution is -2.49. The Kier molecular flexibility index (Phi) is 2.88. The zero-order chi connectivity index (χ0) is 13.5. The summed E-state index contributed by atoms with van der Waals surface area (Å²) in [7, 11) is 0. The molecule has 98 valence electrons. The van der Waals surface area contributed by atoms with Crippen LogP contribution in [-0.4, -0.2) is 20.8 Å². The molecule has 3 rings (SSSR count). The number of benzene rings is 1. The highest BCUT2D eigenvalue weighted by atomic mass is 16.5. The Bertz CT molecular complexity index is 580. The molecule has 0 amide bonds. The Morgan fingerprint density at radius 2 is 1.89 bits per heavy atom. The van der Waals surface area contributed by atoms with Crippen molar-refractivity contribution in [2.45, 2.75) is 31.8 Å². The van der Waals surface area contributed by atoms with Crippen molar-refractivity contribution in [2.75, 3.05) is 0 Å². The van der Waals surface area contributed by atoms with E-state index < -0.39 is 0 Å². The summed E-state index contributed by atoms with van der Waals surface area (Å²) in [6.07, 6.45) is 2.61. The lowest BCUT2D eigenvalue weighted by molar-refractivity contribution is -0.191. The molecule has 1 atom stereocenters. The third-order valence-electron chi connectivity index (χ3n) is 3.81. The fourth-order valence-electron chi connectivity index (χ4n) is 2.81. The maximum Gasteiger partial charge on any atom is 0.103 e. The number of pyridine rings is 1. The molecule has 1 aliphatic rings. The predicted octanol–water partition coefficient (Wildman–Crippen LogP) is 3.20. The van der Waals surface area contributed by atoms with E-state index in [1.54, 1.807) is 6.20 Å². The maximum atomic E-state index is 10.6. The molecule has 0 aliphatic carbocycles. The second-order valence-corrected chi connectivity index (χ2v) is 5.69. The highest BCUT2D eigenvalue weighted by Crippen LogP contribution is 2.39. The van der Waals surface area contributed by atoms with Gasteiger partial charge in [-0.3, -0.25) is 4.98 Å². The van der Waals surface area contributed by atoms with Crippen LogP contribution in [0.4, 0.5) is 0 Å². The monoisotopic (exact) mass is 254 g/mol.